The van der Waals surface area contributed by atoms with E-state index in [-0.39, 0.29) is 29.6 Å². The number of hydrogen-bond acceptors (Lipinski definition) is 6. The fourth-order valence-corrected chi connectivity index (χ4v) is 7.41. The molecule has 0 radical (unpaired) electrons. The molecule has 5 rings (SSSR count). The van der Waals surface area contributed by atoms with Crippen LogP contribution in [0.1, 0.15) is 31.2 Å². The standard InChI is InChI=1S/C31H39FN4O3S/c1-34-27-21-23(6-13-28(27)40-29(31(34)38)20-22-4-11-26(39-2)12-5-22)30(37)33-14-3-15-35-16-18-36(19-17-35)25-9-7-24(32)8-10-25/h4-5,7-12,20,23,27-28H,3,6,13-19,21H2,1-2H3,(H,33,37)/b29-20-. The van der Waals surface area contributed by atoms with Gasteiger partial charge in [0.25, 0.3) is 5.91 Å². The summed E-state index contributed by atoms with van der Waals surface area (Å²) in [6.07, 6.45) is 5.36. The van der Waals surface area contributed by atoms with Crippen LogP contribution in [0.5, 0.6) is 5.75 Å². The maximum absolute atomic E-state index is 13.2. The number of piperazine rings is 1. The van der Waals surface area contributed by atoms with E-state index >= 15 is 0 Å². The summed E-state index contributed by atoms with van der Waals surface area (Å²) in [5, 5.41) is 3.47. The Morgan fingerprint density at radius 3 is 2.50 bits per heavy atom. The molecule has 2 aromatic rings. The monoisotopic (exact) mass is 566 g/mol. The first-order chi connectivity index (χ1) is 19.4. The van der Waals surface area contributed by atoms with Crippen LogP contribution in [0.3, 0.4) is 0 Å². The average Bonchev–Trinajstić information content (AvgIpc) is 2.99. The van der Waals surface area contributed by atoms with Crippen LogP contribution in [-0.2, 0) is 9.59 Å². The molecule has 214 valence electrons. The third-order valence-corrected chi connectivity index (χ3v) is 9.76. The minimum absolute atomic E-state index is 0.0302. The molecule has 3 fully saturated rings. The Labute approximate surface area is 240 Å². The van der Waals surface area contributed by atoms with Crippen molar-refractivity contribution >= 4 is 35.3 Å². The third-order valence-electron chi connectivity index (χ3n) is 8.36. The van der Waals surface area contributed by atoms with Gasteiger partial charge in [-0.25, -0.2) is 4.39 Å². The summed E-state index contributed by atoms with van der Waals surface area (Å²) in [5.41, 5.74) is 2.04. The second-order valence-electron chi connectivity index (χ2n) is 10.9. The van der Waals surface area contributed by atoms with Gasteiger partial charge in [-0.3, -0.25) is 14.5 Å². The zero-order valence-electron chi connectivity index (χ0n) is 23.4. The molecule has 0 spiro atoms. The molecule has 2 amide bonds. The van der Waals surface area contributed by atoms with Crippen molar-refractivity contribution in [3.63, 3.8) is 0 Å². The number of ether oxygens (including phenoxy) is 1. The third kappa shape index (κ3) is 6.81. The summed E-state index contributed by atoms with van der Waals surface area (Å²) in [6.45, 7) is 5.38. The topological polar surface area (TPSA) is 65.1 Å². The maximum atomic E-state index is 13.2. The number of anilines is 1. The van der Waals surface area contributed by atoms with Crippen molar-refractivity contribution in [3.8, 4) is 5.75 Å². The van der Waals surface area contributed by atoms with Gasteiger partial charge in [-0.1, -0.05) is 12.1 Å². The number of thioether (sulfide) groups is 1. The van der Waals surface area contributed by atoms with Gasteiger partial charge in [-0.15, -0.1) is 11.8 Å². The van der Waals surface area contributed by atoms with E-state index in [9.17, 15) is 14.0 Å². The molecule has 3 atom stereocenters. The number of likely N-dealkylation sites (N-methyl/N-ethyl adjacent to an activating group) is 1. The predicted octanol–water partition coefficient (Wildman–Crippen LogP) is 4.25. The van der Waals surface area contributed by atoms with Gasteiger partial charge in [0.1, 0.15) is 11.6 Å². The first kappa shape index (κ1) is 28.5. The Balaban J connectivity index is 1.04. The minimum Gasteiger partial charge on any atom is -0.497 e. The van der Waals surface area contributed by atoms with E-state index < -0.39 is 0 Å². The van der Waals surface area contributed by atoms with Crippen molar-refractivity contribution in [1.82, 2.24) is 15.1 Å². The van der Waals surface area contributed by atoms with E-state index in [1.165, 1.54) is 12.1 Å². The number of carbonyl (C=O) groups is 2. The summed E-state index contributed by atoms with van der Waals surface area (Å²) in [7, 11) is 3.51. The summed E-state index contributed by atoms with van der Waals surface area (Å²) in [4.78, 5) is 33.5. The smallest absolute Gasteiger partial charge is 0.260 e. The SMILES string of the molecule is COc1ccc(/C=C2\SC3CCC(C(=O)NCCCN4CCN(c5ccc(F)cc5)CC4)CC3N(C)C2=O)cc1. The molecule has 7 nitrogen and oxygen atoms in total. The Bertz CT molecular complexity index is 1200. The van der Waals surface area contributed by atoms with E-state index in [0.717, 1.165) is 73.9 Å². The number of benzene rings is 2. The van der Waals surface area contributed by atoms with Crippen molar-refractivity contribution in [2.75, 3.05) is 58.3 Å². The fraction of sp³-hybridized carbons (Fsp3) is 0.484. The van der Waals surface area contributed by atoms with Crippen LogP contribution in [0.2, 0.25) is 0 Å². The molecule has 3 aliphatic rings. The van der Waals surface area contributed by atoms with Crippen molar-refractivity contribution in [3.05, 3.63) is 64.8 Å². The number of carbonyl (C=O) groups excluding carboxylic acids is 2. The van der Waals surface area contributed by atoms with Crippen LogP contribution in [0.15, 0.2) is 53.4 Å². The zero-order chi connectivity index (χ0) is 28.1. The van der Waals surface area contributed by atoms with E-state index in [0.29, 0.717) is 18.2 Å². The quantitative estimate of drug-likeness (QED) is 0.381. The zero-order valence-corrected chi connectivity index (χ0v) is 24.2. The molecule has 2 saturated heterocycles. The first-order valence-electron chi connectivity index (χ1n) is 14.2. The molecule has 0 bridgehead atoms. The van der Waals surface area contributed by atoms with Crippen molar-refractivity contribution in [2.45, 2.75) is 37.0 Å². The highest BCUT2D eigenvalue weighted by Crippen LogP contribution is 2.43. The summed E-state index contributed by atoms with van der Waals surface area (Å²) in [6, 6.07) is 14.5. The Hall–Kier alpha value is -3.04. The molecule has 2 aromatic carbocycles. The summed E-state index contributed by atoms with van der Waals surface area (Å²) >= 11 is 1.66. The Kier molecular flexibility index (Phi) is 9.32. The number of nitrogens with one attached hydrogen (secondary N) is 1. The second kappa shape index (κ2) is 13.1. The molecule has 3 unspecified atom stereocenters. The van der Waals surface area contributed by atoms with E-state index in [2.05, 4.69) is 15.1 Å². The van der Waals surface area contributed by atoms with Crippen LogP contribution >= 0.6 is 11.8 Å². The van der Waals surface area contributed by atoms with Crippen LogP contribution < -0.4 is 15.0 Å². The summed E-state index contributed by atoms with van der Waals surface area (Å²) in [5.74, 6) is 0.679. The molecule has 40 heavy (non-hydrogen) atoms. The van der Waals surface area contributed by atoms with Crippen LogP contribution in [0, 0.1) is 11.7 Å². The molecule has 1 saturated carbocycles. The van der Waals surface area contributed by atoms with Gasteiger partial charge in [0, 0.05) is 62.7 Å². The normalized spacial score (nSPS) is 24.6. The van der Waals surface area contributed by atoms with E-state index in [1.54, 1.807) is 18.9 Å². The van der Waals surface area contributed by atoms with Crippen LogP contribution in [0.4, 0.5) is 10.1 Å². The fourth-order valence-electron chi connectivity index (χ4n) is 5.93. The lowest BCUT2D eigenvalue weighted by molar-refractivity contribution is -0.131. The number of fused-ring (bicyclic) bond motifs is 1. The van der Waals surface area contributed by atoms with Crippen LogP contribution in [-0.4, -0.2) is 86.3 Å². The number of halogens is 1. The number of methoxy groups -OCH3 is 1. The largest absolute Gasteiger partial charge is 0.497 e. The summed E-state index contributed by atoms with van der Waals surface area (Å²) < 4.78 is 18.4. The molecule has 9 heteroatoms. The molecule has 2 aliphatic heterocycles. The van der Waals surface area contributed by atoms with Crippen LogP contribution in [0.25, 0.3) is 6.08 Å². The van der Waals surface area contributed by atoms with Gasteiger partial charge >= 0.3 is 0 Å². The maximum Gasteiger partial charge on any atom is 0.260 e. The van der Waals surface area contributed by atoms with E-state index in [1.807, 2.05) is 54.4 Å². The van der Waals surface area contributed by atoms with E-state index in [4.69, 9.17) is 4.74 Å². The van der Waals surface area contributed by atoms with Gasteiger partial charge in [0.15, 0.2) is 0 Å². The molecular formula is C31H39FN4O3S. The van der Waals surface area contributed by atoms with Gasteiger partial charge in [-0.05, 0) is 80.3 Å². The number of rotatable bonds is 8. The van der Waals surface area contributed by atoms with Gasteiger partial charge in [0.2, 0.25) is 5.91 Å². The molecule has 1 aliphatic carbocycles. The molecular weight excluding hydrogens is 527 g/mol. The van der Waals surface area contributed by atoms with Crippen molar-refractivity contribution in [1.29, 1.82) is 0 Å². The second-order valence-corrected chi connectivity index (χ2v) is 12.2. The van der Waals surface area contributed by atoms with Gasteiger partial charge < -0.3 is 19.9 Å². The lowest BCUT2D eigenvalue weighted by atomic mass is 9.83. The average molecular weight is 567 g/mol. The molecule has 1 N–H and O–H groups in total. The Morgan fingerprint density at radius 1 is 1.07 bits per heavy atom. The number of amides is 2. The Morgan fingerprint density at radius 2 is 1.80 bits per heavy atom. The predicted molar refractivity (Wildman–Crippen MR) is 159 cm³/mol. The first-order valence-corrected chi connectivity index (χ1v) is 15.1. The lowest BCUT2D eigenvalue weighted by Crippen LogP contribution is -2.52. The minimum atomic E-state index is -0.206. The van der Waals surface area contributed by atoms with Crippen molar-refractivity contribution < 1.29 is 18.7 Å². The highest BCUT2D eigenvalue weighted by Gasteiger charge is 2.42. The highest BCUT2D eigenvalue weighted by molar-refractivity contribution is 8.04. The molecule has 0 aromatic heterocycles. The van der Waals surface area contributed by atoms with Gasteiger partial charge in [0.05, 0.1) is 12.0 Å². The van der Waals surface area contributed by atoms with Crippen molar-refractivity contribution in [2.24, 2.45) is 5.92 Å². The lowest BCUT2D eigenvalue weighted by Gasteiger charge is -2.44. The molecule has 2 heterocycles. The number of hydrogen-bond donors (Lipinski definition) is 1. The number of nitrogens with zero attached hydrogens (tertiary/aromatic N) is 3. The highest BCUT2D eigenvalue weighted by atomic mass is 32.2. The van der Waals surface area contributed by atoms with Gasteiger partial charge in [-0.2, -0.15) is 0 Å².